The summed E-state index contributed by atoms with van der Waals surface area (Å²) < 4.78 is 1.15. The minimum Gasteiger partial charge on any atom is -0.0894 e. The number of benzene rings is 1. The Labute approximate surface area is 90.6 Å². The predicted molar refractivity (Wildman–Crippen MR) is 60.9 cm³/mol. The topological polar surface area (TPSA) is 0 Å². The van der Waals surface area contributed by atoms with E-state index in [0.717, 1.165) is 10.9 Å². The van der Waals surface area contributed by atoms with Crippen molar-refractivity contribution in [2.45, 2.75) is 24.6 Å². The molecule has 0 radical (unpaired) electrons. The van der Waals surface area contributed by atoms with Crippen molar-refractivity contribution in [3.8, 4) is 0 Å². The zero-order valence-corrected chi connectivity index (χ0v) is 10.2. The molecule has 0 saturated heterocycles. The Morgan fingerprint density at radius 2 is 1.83 bits per heavy atom. The van der Waals surface area contributed by atoms with Crippen LogP contribution in [0.5, 0.6) is 0 Å². The summed E-state index contributed by atoms with van der Waals surface area (Å²) in [7, 11) is 0. The molecule has 0 aliphatic heterocycles. The average Bonchev–Trinajstić information content (AvgIpc) is 2.03. The second-order valence-corrected chi connectivity index (χ2v) is 5.42. The highest BCUT2D eigenvalue weighted by atomic mass is 79.9. The summed E-state index contributed by atoms with van der Waals surface area (Å²) in [5, 5.41) is 0. The Kier molecular flexibility index (Phi) is 4.30. The molecular weight excluding hydrogens is 280 g/mol. The molecule has 66 valence electrons. The van der Waals surface area contributed by atoms with Crippen LogP contribution in [0.1, 0.15) is 18.9 Å². The van der Waals surface area contributed by atoms with Crippen LogP contribution in [0.25, 0.3) is 0 Å². The van der Waals surface area contributed by atoms with E-state index in [0.29, 0.717) is 4.83 Å². The summed E-state index contributed by atoms with van der Waals surface area (Å²) in [4.78, 5) is 0.612. The number of hydrogen-bond acceptors (Lipinski definition) is 0. The van der Waals surface area contributed by atoms with Gasteiger partial charge in [-0.25, -0.2) is 0 Å². The largest absolute Gasteiger partial charge is 0.0894 e. The normalized spacial score (nSPS) is 12.9. The van der Waals surface area contributed by atoms with Crippen molar-refractivity contribution in [2.24, 2.45) is 0 Å². The average molecular weight is 292 g/mol. The summed E-state index contributed by atoms with van der Waals surface area (Å²) in [5.41, 5.74) is 1.41. The highest BCUT2D eigenvalue weighted by Crippen LogP contribution is 2.14. The molecular formula is C10H12Br2. The maximum Gasteiger partial charge on any atom is 0.0175 e. The van der Waals surface area contributed by atoms with Crippen LogP contribution in [0, 0.1) is 0 Å². The Balaban J connectivity index is 2.48. The Morgan fingerprint density at radius 3 is 2.33 bits per heavy atom. The van der Waals surface area contributed by atoms with Gasteiger partial charge in [0.25, 0.3) is 0 Å². The second kappa shape index (κ2) is 5.03. The monoisotopic (exact) mass is 290 g/mol. The van der Waals surface area contributed by atoms with Crippen molar-refractivity contribution >= 4 is 31.9 Å². The van der Waals surface area contributed by atoms with E-state index in [1.165, 1.54) is 12.0 Å². The lowest BCUT2D eigenvalue weighted by atomic mass is 10.1. The van der Waals surface area contributed by atoms with Gasteiger partial charge in [0.2, 0.25) is 0 Å². The lowest BCUT2D eigenvalue weighted by Crippen LogP contribution is -1.93. The van der Waals surface area contributed by atoms with Gasteiger partial charge in [-0.05, 0) is 30.5 Å². The number of alkyl halides is 1. The van der Waals surface area contributed by atoms with Crippen LogP contribution in [0.3, 0.4) is 0 Å². The molecule has 1 aromatic carbocycles. The zero-order chi connectivity index (χ0) is 8.97. The number of rotatable bonds is 3. The maximum atomic E-state index is 3.54. The van der Waals surface area contributed by atoms with Crippen LogP contribution in [0.2, 0.25) is 0 Å². The van der Waals surface area contributed by atoms with Crippen molar-refractivity contribution in [3.05, 3.63) is 34.3 Å². The molecule has 2 heteroatoms. The van der Waals surface area contributed by atoms with Crippen molar-refractivity contribution in [3.63, 3.8) is 0 Å². The van der Waals surface area contributed by atoms with E-state index < -0.39 is 0 Å². The summed E-state index contributed by atoms with van der Waals surface area (Å²) in [6, 6.07) is 8.52. The van der Waals surface area contributed by atoms with Gasteiger partial charge in [-0.2, -0.15) is 0 Å². The first-order chi connectivity index (χ1) is 5.68. The van der Waals surface area contributed by atoms with E-state index >= 15 is 0 Å². The second-order valence-electron chi connectivity index (χ2n) is 2.95. The van der Waals surface area contributed by atoms with Crippen molar-refractivity contribution in [2.75, 3.05) is 0 Å². The molecule has 0 N–H and O–H groups in total. The number of hydrogen-bond donors (Lipinski definition) is 0. The van der Waals surface area contributed by atoms with E-state index in [4.69, 9.17) is 0 Å². The molecule has 0 amide bonds. The van der Waals surface area contributed by atoms with E-state index in [1.54, 1.807) is 0 Å². The van der Waals surface area contributed by atoms with E-state index in [9.17, 15) is 0 Å². The first-order valence-electron chi connectivity index (χ1n) is 4.07. The summed E-state index contributed by atoms with van der Waals surface area (Å²) in [6.07, 6.45) is 2.35. The Morgan fingerprint density at radius 1 is 1.25 bits per heavy atom. The lowest BCUT2D eigenvalue weighted by Gasteiger charge is -2.02. The Bertz CT molecular complexity index is 226. The van der Waals surface area contributed by atoms with Gasteiger partial charge in [0.05, 0.1) is 0 Å². The summed E-state index contributed by atoms with van der Waals surface area (Å²) in [6.45, 7) is 2.18. The third-order valence-electron chi connectivity index (χ3n) is 1.74. The highest BCUT2D eigenvalue weighted by molar-refractivity contribution is 9.10. The molecule has 1 rings (SSSR count). The van der Waals surface area contributed by atoms with Gasteiger partial charge in [-0.1, -0.05) is 50.9 Å². The zero-order valence-electron chi connectivity index (χ0n) is 7.06. The first kappa shape index (κ1) is 10.3. The van der Waals surface area contributed by atoms with E-state index in [-0.39, 0.29) is 0 Å². The molecule has 1 unspecified atom stereocenters. The minimum absolute atomic E-state index is 0.612. The fraction of sp³-hybridized carbons (Fsp3) is 0.400. The highest BCUT2D eigenvalue weighted by Gasteiger charge is 1.97. The van der Waals surface area contributed by atoms with Crippen LogP contribution in [0.4, 0.5) is 0 Å². The maximum absolute atomic E-state index is 3.54. The third-order valence-corrected chi connectivity index (χ3v) is 2.73. The minimum atomic E-state index is 0.612. The van der Waals surface area contributed by atoms with Crippen LogP contribution >= 0.6 is 31.9 Å². The first-order valence-corrected chi connectivity index (χ1v) is 5.78. The molecule has 0 fully saturated rings. The van der Waals surface area contributed by atoms with Gasteiger partial charge in [-0.3, -0.25) is 0 Å². The van der Waals surface area contributed by atoms with Gasteiger partial charge in [0.1, 0.15) is 0 Å². The molecule has 0 nitrogen and oxygen atoms in total. The van der Waals surface area contributed by atoms with Gasteiger partial charge in [0, 0.05) is 9.30 Å². The SMILES string of the molecule is CC(Br)CCc1ccc(Br)cc1. The standard InChI is InChI=1S/C10H12Br2/c1-8(11)2-3-9-4-6-10(12)7-5-9/h4-8H,2-3H2,1H3. The summed E-state index contributed by atoms with van der Waals surface area (Å²) >= 11 is 6.95. The molecule has 12 heavy (non-hydrogen) atoms. The molecule has 0 saturated carbocycles. The van der Waals surface area contributed by atoms with Gasteiger partial charge in [0.15, 0.2) is 0 Å². The molecule has 1 aromatic rings. The van der Waals surface area contributed by atoms with Crippen molar-refractivity contribution in [1.29, 1.82) is 0 Å². The summed E-state index contributed by atoms with van der Waals surface area (Å²) in [5.74, 6) is 0. The number of aryl methyl sites for hydroxylation is 1. The lowest BCUT2D eigenvalue weighted by molar-refractivity contribution is 0.822. The smallest absolute Gasteiger partial charge is 0.0175 e. The van der Waals surface area contributed by atoms with Crippen molar-refractivity contribution < 1.29 is 0 Å². The van der Waals surface area contributed by atoms with Gasteiger partial charge >= 0.3 is 0 Å². The molecule has 0 aromatic heterocycles. The molecule has 0 spiro atoms. The number of halogens is 2. The van der Waals surface area contributed by atoms with Crippen LogP contribution in [0.15, 0.2) is 28.7 Å². The molecule has 0 aliphatic carbocycles. The predicted octanol–water partition coefficient (Wildman–Crippen LogP) is 4.17. The molecule has 1 atom stereocenters. The van der Waals surface area contributed by atoms with E-state index in [1.807, 2.05) is 0 Å². The van der Waals surface area contributed by atoms with Gasteiger partial charge in [-0.15, -0.1) is 0 Å². The van der Waals surface area contributed by atoms with Crippen LogP contribution in [-0.2, 0) is 6.42 Å². The fourth-order valence-electron chi connectivity index (χ4n) is 1.02. The third kappa shape index (κ3) is 3.72. The molecule has 0 bridgehead atoms. The van der Waals surface area contributed by atoms with Gasteiger partial charge < -0.3 is 0 Å². The van der Waals surface area contributed by atoms with Crippen molar-refractivity contribution in [1.82, 2.24) is 0 Å². The van der Waals surface area contributed by atoms with E-state index in [2.05, 4.69) is 63.0 Å². The Hall–Kier alpha value is 0.180. The fourth-order valence-corrected chi connectivity index (χ4v) is 1.51. The molecule has 0 aliphatic rings. The molecule has 0 heterocycles. The van der Waals surface area contributed by atoms with Crippen LogP contribution in [-0.4, -0.2) is 4.83 Å². The quantitative estimate of drug-likeness (QED) is 0.734. The van der Waals surface area contributed by atoms with Crippen LogP contribution < -0.4 is 0 Å².